The first-order valence-electron chi connectivity index (χ1n) is 6.41. The molecular formula is C14H16ClNO4S. The lowest BCUT2D eigenvalue weighted by atomic mass is 9.98. The number of hydrogen-bond donors (Lipinski definition) is 2. The summed E-state index contributed by atoms with van der Waals surface area (Å²) in [5.41, 5.74) is -0.526. The molecule has 0 unspecified atom stereocenters. The lowest BCUT2D eigenvalue weighted by molar-refractivity contribution is -0.146. The van der Waals surface area contributed by atoms with Crippen molar-refractivity contribution in [3.8, 4) is 5.75 Å². The Morgan fingerprint density at radius 1 is 1.52 bits per heavy atom. The minimum atomic E-state index is -1.16. The summed E-state index contributed by atoms with van der Waals surface area (Å²) in [6.45, 7) is 0. The number of carboxylic acid groups (broad SMARTS) is 1. The van der Waals surface area contributed by atoms with E-state index >= 15 is 0 Å². The maximum absolute atomic E-state index is 12.2. The number of carbonyl (C=O) groups excluding carboxylic acids is 1. The van der Waals surface area contributed by atoms with Crippen molar-refractivity contribution in [2.45, 2.75) is 18.4 Å². The summed E-state index contributed by atoms with van der Waals surface area (Å²) >= 11 is 7.45. The molecule has 1 amide bonds. The van der Waals surface area contributed by atoms with Crippen LogP contribution in [0.25, 0.3) is 0 Å². The molecule has 114 valence electrons. The van der Waals surface area contributed by atoms with Crippen LogP contribution in [0.1, 0.15) is 12.0 Å². The number of ether oxygens (including phenoxy) is 1. The first kappa shape index (κ1) is 16.0. The molecule has 1 aliphatic rings. The molecular weight excluding hydrogens is 314 g/mol. The van der Waals surface area contributed by atoms with Gasteiger partial charge in [0.1, 0.15) is 11.3 Å². The second kappa shape index (κ2) is 6.58. The number of methoxy groups -OCH3 is 1. The molecule has 1 atom stereocenters. The lowest BCUT2D eigenvalue weighted by Crippen LogP contribution is -2.55. The number of carbonyl (C=O) groups is 2. The third kappa shape index (κ3) is 3.63. The largest absolute Gasteiger partial charge is 0.496 e. The standard InChI is InChI=1S/C14H16ClNO4S/c1-20-11-3-2-10(15)6-9(11)7-12(17)16-14(13(18)19)4-5-21-8-14/h2-3,6H,4-5,7-8H2,1H3,(H,16,17)(H,18,19)/t14-/m1/s1. The van der Waals surface area contributed by atoms with Gasteiger partial charge >= 0.3 is 5.97 Å². The molecule has 1 heterocycles. The van der Waals surface area contributed by atoms with Crippen LogP contribution in [0.4, 0.5) is 0 Å². The van der Waals surface area contributed by atoms with E-state index in [2.05, 4.69) is 5.32 Å². The number of hydrogen-bond acceptors (Lipinski definition) is 4. The van der Waals surface area contributed by atoms with Gasteiger partial charge in [-0.2, -0.15) is 11.8 Å². The van der Waals surface area contributed by atoms with Crippen LogP contribution in [-0.2, 0) is 16.0 Å². The molecule has 1 aliphatic heterocycles. The average Bonchev–Trinajstić information content (AvgIpc) is 2.88. The fourth-order valence-electron chi connectivity index (χ4n) is 2.26. The SMILES string of the molecule is COc1ccc(Cl)cc1CC(=O)N[C@]1(C(=O)O)CCSC1. The van der Waals surface area contributed by atoms with Crippen LogP contribution in [-0.4, -0.2) is 41.1 Å². The van der Waals surface area contributed by atoms with E-state index in [1.54, 1.807) is 18.2 Å². The van der Waals surface area contributed by atoms with E-state index in [1.807, 2.05) is 0 Å². The van der Waals surface area contributed by atoms with E-state index in [4.69, 9.17) is 16.3 Å². The Balaban J connectivity index is 2.11. The number of benzene rings is 1. The zero-order chi connectivity index (χ0) is 15.5. The van der Waals surface area contributed by atoms with Crippen molar-refractivity contribution >= 4 is 35.2 Å². The van der Waals surface area contributed by atoms with Crippen molar-refractivity contribution in [2.75, 3.05) is 18.6 Å². The van der Waals surface area contributed by atoms with Crippen LogP contribution < -0.4 is 10.1 Å². The van der Waals surface area contributed by atoms with Crippen molar-refractivity contribution in [3.63, 3.8) is 0 Å². The predicted octanol–water partition coefficient (Wildman–Crippen LogP) is 1.97. The quantitative estimate of drug-likeness (QED) is 0.863. The lowest BCUT2D eigenvalue weighted by Gasteiger charge is -2.24. The zero-order valence-corrected chi connectivity index (χ0v) is 13.1. The molecule has 21 heavy (non-hydrogen) atoms. The molecule has 0 radical (unpaired) electrons. The van der Waals surface area contributed by atoms with E-state index < -0.39 is 11.5 Å². The van der Waals surface area contributed by atoms with Gasteiger partial charge < -0.3 is 15.2 Å². The average molecular weight is 330 g/mol. The fraction of sp³-hybridized carbons (Fsp3) is 0.429. The Morgan fingerprint density at radius 2 is 2.29 bits per heavy atom. The van der Waals surface area contributed by atoms with Gasteiger partial charge in [0.15, 0.2) is 0 Å². The molecule has 1 aromatic rings. The van der Waals surface area contributed by atoms with Crippen molar-refractivity contribution in [1.29, 1.82) is 0 Å². The van der Waals surface area contributed by atoms with Gasteiger partial charge in [0, 0.05) is 16.3 Å². The summed E-state index contributed by atoms with van der Waals surface area (Å²) in [4.78, 5) is 23.6. The van der Waals surface area contributed by atoms with Crippen LogP contribution in [0, 0.1) is 0 Å². The molecule has 0 saturated carbocycles. The normalized spacial score (nSPS) is 21.0. The zero-order valence-electron chi connectivity index (χ0n) is 11.5. The van der Waals surface area contributed by atoms with E-state index in [0.29, 0.717) is 28.5 Å². The number of carboxylic acids is 1. The fourth-order valence-corrected chi connectivity index (χ4v) is 3.78. The minimum Gasteiger partial charge on any atom is -0.496 e. The maximum Gasteiger partial charge on any atom is 0.330 e. The topological polar surface area (TPSA) is 75.6 Å². The van der Waals surface area contributed by atoms with E-state index in [0.717, 1.165) is 5.75 Å². The van der Waals surface area contributed by atoms with E-state index in [-0.39, 0.29) is 12.3 Å². The van der Waals surface area contributed by atoms with Gasteiger partial charge in [0.25, 0.3) is 0 Å². The van der Waals surface area contributed by atoms with E-state index in [9.17, 15) is 14.7 Å². The molecule has 1 aromatic carbocycles. The second-order valence-corrected chi connectivity index (χ2v) is 6.41. The van der Waals surface area contributed by atoms with E-state index in [1.165, 1.54) is 18.9 Å². The predicted molar refractivity (Wildman–Crippen MR) is 82.2 cm³/mol. The van der Waals surface area contributed by atoms with Crippen LogP contribution in [0.3, 0.4) is 0 Å². The first-order valence-corrected chi connectivity index (χ1v) is 7.95. The number of aliphatic carboxylic acids is 1. The van der Waals surface area contributed by atoms with Crippen LogP contribution in [0.5, 0.6) is 5.75 Å². The summed E-state index contributed by atoms with van der Waals surface area (Å²) in [7, 11) is 1.51. The molecule has 1 saturated heterocycles. The third-order valence-electron chi connectivity index (χ3n) is 3.40. The highest BCUT2D eigenvalue weighted by atomic mass is 35.5. The number of halogens is 1. The summed E-state index contributed by atoms with van der Waals surface area (Å²) in [5.74, 6) is 0.340. The number of thioether (sulfide) groups is 1. The molecule has 5 nitrogen and oxygen atoms in total. The highest BCUT2D eigenvalue weighted by molar-refractivity contribution is 7.99. The van der Waals surface area contributed by atoms with Gasteiger partial charge in [-0.15, -0.1) is 0 Å². The molecule has 2 N–H and O–H groups in total. The van der Waals surface area contributed by atoms with Crippen molar-refractivity contribution in [3.05, 3.63) is 28.8 Å². The molecule has 0 spiro atoms. The van der Waals surface area contributed by atoms with Crippen molar-refractivity contribution in [2.24, 2.45) is 0 Å². The minimum absolute atomic E-state index is 0.0312. The number of amides is 1. The highest BCUT2D eigenvalue weighted by Gasteiger charge is 2.43. The van der Waals surface area contributed by atoms with Gasteiger partial charge in [-0.1, -0.05) is 11.6 Å². The number of rotatable bonds is 5. The molecule has 0 aliphatic carbocycles. The summed E-state index contributed by atoms with van der Waals surface area (Å²) in [6, 6.07) is 5.01. The summed E-state index contributed by atoms with van der Waals surface area (Å²) < 4.78 is 5.18. The van der Waals surface area contributed by atoms with Crippen LogP contribution >= 0.6 is 23.4 Å². The smallest absolute Gasteiger partial charge is 0.330 e. The highest BCUT2D eigenvalue weighted by Crippen LogP contribution is 2.29. The Kier molecular flexibility index (Phi) is 5.00. The Morgan fingerprint density at radius 3 is 2.86 bits per heavy atom. The van der Waals surface area contributed by atoms with Crippen LogP contribution in [0.15, 0.2) is 18.2 Å². The Labute approximate surface area is 132 Å². The summed E-state index contributed by atoms with van der Waals surface area (Å²) in [5, 5.41) is 12.5. The van der Waals surface area contributed by atoms with Crippen molar-refractivity contribution < 1.29 is 19.4 Å². The molecule has 7 heteroatoms. The molecule has 2 rings (SSSR count). The molecule has 0 bridgehead atoms. The van der Waals surface area contributed by atoms with Gasteiger partial charge in [-0.3, -0.25) is 4.79 Å². The van der Waals surface area contributed by atoms with Gasteiger partial charge in [-0.25, -0.2) is 4.79 Å². The number of nitrogens with one attached hydrogen (secondary N) is 1. The van der Waals surface area contributed by atoms with Crippen molar-refractivity contribution in [1.82, 2.24) is 5.32 Å². The second-order valence-electron chi connectivity index (χ2n) is 4.87. The van der Waals surface area contributed by atoms with Gasteiger partial charge in [-0.05, 0) is 30.4 Å². The monoisotopic (exact) mass is 329 g/mol. The maximum atomic E-state index is 12.2. The molecule has 0 aromatic heterocycles. The first-order chi connectivity index (χ1) is 9.97. The third-order valence-corrected chi connectivity index (χ3v) is 4.83. The Bertz CT molecular complexity index is 558. The van der Waals surface area contributed by atoms with Crippen LogP contribution in [0.2, 0.25) is 5.02 Å². The summed E-state index contributed by atoms with van der Waals surface area (Å²) in [6.07, 6.45) is 0.467. The van der Waals surface area contributed by atoms with Gasteiger partial charge in [0.2, 0.25) is 5.91 Å². The van der Waals surface area contributed by atoms with Gasteiger partial charge in [0.05, 0.1) is 13.5 Å². The Hall–Kier alpha value is -1.40. The molecule has 1 fully saturated rings.